The molecule has 0 spiro atoms. The monoisotopic (exact) mass is 504 g/mol. The molecule has 4 aromatic carbocycles. The van der Waals surface area contributed by atoms with Crippen LogP contribution in [0.25, 0.3) is 33.3 Å². The summed E-state index contributed by atoms with van der Waals surface area (Å²) in [6.45, 7) is 0. The van der Waals surface area contributed by atoms with Crippen LogP contribution in [-0.4, -0.2) is 26.3 Å². The predicted octanol–water partition coefficient (Wildman–Crippen LogP) is 5.72. The van der Waals surface area contributed by atoms with Gasteiger partial charge in [-0.1, -0.05) is 36.4 Å². The molecule has 184 valence electrons. The van der Waals surface area contributed by atoms with Crippen molar-refractivity contribution in [1.82, 2.24) is 4.68 Å². The Morgan fingerprint density at radius 1 is 0.526 bits per heavy atom. The van der Waals surface area contributed by atoms with Crippen molar-refractivity contribution in [1.29, 1.82) is 0 Å². The lowest BCUT2D eigenvalue weighted by molar-refractivity contribution is -0.385. The summed E-state index contributed by atoms with van der Waals surface area (Å²) in [5.74, 6) is -1.06. The number of benzene rings is 4. The Labute approximate surface area is 214 Å². The fourth-order valence-corrected chi connectivity index (χ4v) is 4.83. The third-order valence-corrected chi connectivity index (χ3v) is 6.54. The van der Waals surface area contributed by atoms with Gasteiger partial charge < -0.3 is 0 Å². The zero-order chi connectivity index (χ0) is 26.6. The number of nitro groups is 2. The minimum absolute atomic E-state index is 0.104. The molecule has 0 radical (unpaired) electrons. The number of amides is 2. The van der Waals surface area contributed by atoms with E-state index in [1.54, 1.807) is 48.5 Å². The molecule has 10 heteroatoms. The van der Waals surface area contributed by atoms with E-state index in [-0.39, 0.29) is 22.5 Å². The highest BCUT2D eigenvalue weighted by atomic mass is 16.6. The number of fused-ring (bicyclic) bond motifs is 2. The lowest BCUT2D eigenvalue weighted by Gasteiger charge is -2.22. The topological polar surface area (TPSA) is 129 Å². The smallest absolute Gasteiger partial charge is 0.267 e. The van der Waals surface area contributed by atoms with Gasteiger partial charge in [0.2, 0.25) is 0 Å². The Hall–Kier alpha value is -5.64. The van der Waals surface area contributed by atoms with E-state index in [4.69, 9.17) is 0 Å². The van der Waals surface area contributed by atoms with Crippen LogP contribution in [0.1, 0.15) is 20.7 Å². The maximum atomic E-state index is 13.6. The van der Waals surface area contributed by atoms with E-state index in [9.17, 15) is 29.8 Å². The van der Waals surface area contributed by atoms with E-state index in [1.807, 2.05) is 24.3 Å². The van der Waals surface area contributed by atoms with Gasteiger partial charge in [0, 0.05) is 46.2 Å². The zero-order valence-electron chi connectivity index (χ0n) is 19.5. The maximum Gasteiger partial charge on any atom is 0.281 e. The Kier molecular flexibility index (Phi) is 5.09. The van der Waals surface area contributed by atoms with Crippen LogP contribution in [-0.2, 0) is 0 Å². The van der Waals surface area contributed by atoms with E-state index in [1.165, 1.54) is 28.9 Å². The van der Waals surface area contributed by atoms with Gasteiger partial charge in [-0.2, -0.15) is 5.01 Å². The Morgan fingerprint density at radius 3 is 1.26 bits per heavy atom. The number of nitro benzene ring substituents is 2. The fourth-order valence-electron chi connectivity index (χ4n) is 4.83. The third-order valence-electron chi connectivity index (χ3n) is 6.54. The average Bonchev–Trinajstić information content (AvgIpc) is 3.40. The number of hydrogen-bond donors (Lipinski definition) is 0. The summed E-state index contributed by atoms with van der Waals surface area (Å²) in [6.07, 6.45) is 0. The molecule has 0 saturated carbocycles. The van der Waals surface area contributed by atoms with Crippen LogP contribution in [0.2, 0.25) is 0 Å². The van der Waals surface area contributed by atoms with Crippen molar-refractivity contribution < 1.29 is 19.4 Å². The minimum Gasteiger partial charge on any atom is -0.267 e. The zero-order valence-corrected chi connectivity index (χ0v) is 19.5. The van der Waals surface area contributed by atoms with Gasteiger partial charge >= 0.3 is 0 Å². The second kappa shape index (κ2) is 8.49. The highest BCUT2D eigenvalue weighted by Gasteiger charge is 2.40. The lowest BCUT2D eigenvalue weighted by atomic mass is 10.0. The van der Waals surface area contributed by atoms with Crippen LogP contribution in [0, 0.1) is 20.2 Å². The van der Waals surface area contributed by atoms with Crippen LogP contribution >= 0.6 is 0 Å². The van der Waals surface area contributed by atoms with Gasteiger partial charge in [-0.3, -0.25) is 29.8 Å². The number of aromatic nitrogens is 1. The number of carbonyl (C=O) groups is 2. The summed E-state index contributed by atoms with van der Waals surface area (Å²) < 4.78 is 1.51. The van der Waals surface area contributed by atoms with Crippen molar-refractivity contribution in [2.45, 2.75) is 0 Å². The molecule has 38 heavy (non-hydrogen) atoms. The van der Waals surface area contributed by atoms with Gasteiger partial charge in [0.15, 0.2) is 0 Å². The van der Waals surface area contributed by atoms with Crippen molar-refractivity contribution in [2.75, 3.05) is 5.01 Å². The second-order valence-corrected chi connectivity index (χ2v) is 8.63. The summed E-state index contributed by atoms with van der Waals surface area (Å²) >= 11 is 0. The highest BCUT2D eigenvalue weighted by molar-refractivity contribution is 6.31. The summed E-state index contributed by atoms with van der Waals surface area (Å²) in [5.41, 5.74) is 2.31. The Balaban J connectivity index is 1.69. The van der Waals surface area contributed by atoms with Crippen molar-refractivity contribution in [3.8, 4) is 22.5 Å². The molecular weight excluding hydrogens is 488 g/mol. The van der Waals surface area contributed by atoms with Crippen molar-refractivity contribution in [2.24, 2.45) is 0 Å². The molecule has 2 heterocycles. The largest absolute Gasteiger partial charge is 0.281 e. The summed E-state index contributed by atoms with van der Waals surface area (Å²) in [7, 11) is 0. The number of hydrogen-bond acceptors (Lipinski definition) is 6. The van der Waals surface area contributed by atoms with Crippen LogP contribution in [0.3, 0.4) is 0 Å². The standard InChI is InChI=1S/C28H16N4O6/c33-27-23-7-3-4-8-24(23)28(34)30(27)29-25(17-9-13-19(14-10-17)31(35)36)21-5-1-2-6-22(21)26(29)18-11-15-20(16-12-18)32(37)38/h1-16H. The van der Waals surface area contributed by atoms with E-state index < -0.39 is 21.7 Å². The van der Waals surface area contributed by atoms with Gasteiger partial charge in [0.25, 0.3) is 23.2 Å². The number of imide groups is 1. The van der Waals surface area contributed by atoms with E-state index in [0.29, 0.717) is 33.3 Å². The summed E-state index contributed by atoms with van der Waals surface area (Å²) in [4.78, 5) is 48.8. The number of nitrogens with zero attached hydrogens (tertiary/aromatic N) is 4. The third kappa shape index (κ3) is 3.35. The Bertz CT molecular complexity index is 1680. The fraction of sp³-hybridized carbons (Fsp3) is 0. The first-order valence-electron chi connectivity index (χ1n) is 11.5. The lowest BCUT2D eigenvalue weighted by Crippen LogP contribution is -2.40. The molecule has 1 aromatic heterocycles. The first-order chi connectivity index (χ1) is 18.4. The maximum absolute atomic E-state index is 13.6. The molecule has 1 aliphatic heterocycles. The number of non-ortho nitro benzene ring substituents is 2. The number of carbonyl (C=O) groups excluding carboxylic acids is 2. The van der Waals surface area contributed by atoms with Gasteiger partial charge in [-0.25, -0.2) is 4.68 Å². The Morgan fingerprint density at radius 2 is 0.895 bits per heavy atom. The molecule has 5 aromatic rings. The normalized spacial score (nSPS) is 12.7. The SMILES string of the molecule is O=C1c2ccccc2C(=O)N1n1c(-c2ccc([N+](=O)[O-])cc2)c2ccccc2c1-c1ccc([N+](=O)[O-])cc1. The van der Waals surface area contributed by atoms with Crippen LogP contribution in [0.4, 0.5) is 11.4 Å². The van der Waals surface area contributed by atoms with Crippen molar-refractivity contribution in [3.63, 3.8) is 0 Å². The molecule has 0 bridgehead atoms. The average molecular weight is 504 g/mol. The van der Waals surface area contributed by atoms with Crippen molar-refractivity contribution >= 4 is 34.0 Å². The second-order valence-electron chi connectivity index (χ2n) is 8.63. The quantitative estimate of drug-likeness (QED) is 0.171. The molecule has 6 rings (SSSR count). The molecular formula is C28H16N4O6. The van der Waals surface area contributed by atoms with Crippen LogP contribution < -0.4 is 5.01 Å². The van der Waals surface area contributed by atoms with Crippen LogP contribution in [0.5, 0.6) is 0 Å². The molecule has 0 saturated heterocycles. The van der Waals surface area contributed by atoms with E-state index in [2.05, 4.69) is 0 Å². The minimum atomic E-state index is -0.530. The van der Waals surface area contributed by atoms with Gasteiger partial charge in [0.05, 0.1) is 32.4 Å². The molecule has 10 nitrogen and oxygen atoms in total. The molecule has 0 fully saturated rings. The summed E-state index contributed by atoms with van der Waals surface area (Å²) in [5, 5.41) is 25.0. The molecule has 0 aliphatic carbocycles. The van der Waals surface area contributed by atoms with Gasteiger partial charge in [-0.05, 0) is 36.4 Å². The van der Waals surface area contributed by atoms with Gasteiger partial charge in [0.1, 0.15) is 0 Å². The van der Waals surface area contributed by atoms with E-state index >= 15 is 0 Å². The number of rotatable bonds is 5. The molecule has 0 unspecified atom stereocenters. The van der Waals surface area contributed by atoms with Crippen molar-refractivity contribution in [3.05, 3.63) is 128 Å². The van der Waals surface area contributed by atoms with E-state index in [0.717, 1.165) is 5.01 Å². The van der Waals surface area contributed by atoms with Gasteiger partial charge in [-0.15, -0.1) is 0 Å². The first-order valence-corrected chi connectivity index (χ1v) is 11.5. The molecule has 0 N–H and O–H groups in total. The predicted molar refractivity (Wildman–Crippen MR) is 139 cm³/mol. The molecule has 1 aliphatic rings. The molecule has 2 amide bonds. The van der Waals surface area contributed by atoms with Crippen LogP contribution in [0.15, 0.2) is 97.1 Å². The highest BCUT2D eigenvalue weighted by Crippen LogP contribution is 2.41. The first kappa shape index (κ1) is 22.8. The summed E-state index contributed by atoms with van der Waals surface area (Å²) in [6, 6.07) is 25.5. The molecule has 0 atom stereocenters.